The van der Waals surface area contributed by atoms with Gasteiger partial charge in [-0.25, -0.2) is 9.97 Å². The van der Waals surface area contributed by atoms with Crippen LogP contribution < -0.4 is 0 Å². The minimum atomic E-state index is -4.34. The second-order valence-corrected chi connectivity index (χ2v) is 6.63. The standard InChI is InChI=1S/C18H12ClF3N2S/c19-16-6-4-13(5-7-16)14-9-23-17(24-10-14)25-11-12-2-1-3-15(8-12)18(20,21)22/h1-10H,11H2. The Balaban J connectivity index is 1.67. The molecule has 0 saturated carbocycles. The molecule has 2 nitrogen and oxygen atoms in total. The lowest BCUT2D eigenvalue weighted by Gasteiger charge is -2.08. The Hall–Kier alpha value is -2.05. The van der Waals surface area contributed by atoms with Crippen LogP contribution in [-0.2, 0) is 11.9 Å². The highest BCUT2D eigenvalue weighted by Gasteiger charge is 2.30. The molecule has 0 aliphatic carbocycles. The first-order valence-electron chi connectivity index (χ1n) is 7.29. The van der Waals surface area contributed by atoms with Crippen molar-refractivity contribution in [3.63, 3.8) is 0 Å². The Labute approximate surface area is 152 Å². The van der Waals surface area contributed by atoms with Crippen molar-refractivity contribution in [3.8, 4) is 11.1 Å². The molecule has 0 atom stereocenters. The molecule has 0 aliphatic rings. The van der Waals surface area contributed by atoms with Crippen molar-refractivity contribution < 1.29 is 13.2 Å². The molecular formula is C18H12ClF3N2S. The highest BCUT2D eigenvalue weighted by molar-refractivity contribution is 7.98. The van der Waals surface area contributed by atoms with Crippen LogP contribution in [0.2, 0.25) is 5.02 Å². The summed E-state index contributed by atoms with van der Waals surface area (Å²) in [6.45, 7) is 0. The van der Waals surface area contributed by atoms with Gasteiger partial charge in [0.2, 0.25) is 0 Å². The first kappa shape index (κ1) is 17.8. The summed E-state index contributed by atoms with van der Waals surface area (Å²) in [6, 6.07) is 12.6. The van der Waals surface area contributed by atoms with Gasteiger partial charge in [0.15, 0.2) is 5.16 Å². The maximum absolute atomic E-state index is 12.7. The van der Waals surface area contributed by atoms with E-state index in [1.807, 2.05) is 12.1 Å². The summed E-state index contributed by atoms with van der Waals surface area (Å²) in [6.07, 6.45) is -0.965. The van der Waals surface area contributed by atoms with E-state index >= 15 is 0 Å². The number of thioether (sulfide) groups is 1. The predicted octanol–water partition coefficient (Wildman–Crippen LogP) is 6.11. The Morgan fingerprint density at radius 2 is 1.60 bits per heavy atom. The molecule has 1 aromatic heterocycles. The molecule has 0 aliphatic heterocycles. The number of benzene rings is 2. The van der Waals surface area contributed by atoms with E-state index in [2.05, 4.69) is 9.97 Å². The summed E-state index contributed by atoms with van der Waals surface area (Å²) in [5.41, 5.74) is 1.72. The molecular weight excluding hydrogens is 369 g/mol. The fourth-order valence-corrected chi connectivity index (χ4v) is 3.02. The van der Waals surface area contributed by atoms with Gasteiger partial charge in [-0.05, 0) is 29.3 Å². The van der Waals surface area contributed by atoms with Crippen molar-refractivity contribution in [2.24, 2.45) is 0 Å². The van der Waals surface area contributed by atoms with E-state index in [-0.39, 0.29) is 0 Å². The van der Waals surface area contributed by atoms with E-state index in [9.17, 15) is 13.2 Å². The van der Waals surface area contributed by atoms with Gasteiger partial charge >= 0.3 is 6.18 Å². The van der Waals surface area contributed by atoms with Gasteiger partial charge in [0.1, 0.15) is 0 Å². The number of halogens is 4. The molecule has 128 valence electrons. The smallest absolute Gasteiger partial charge is 0.230 e. The maximum Gasteiger partial charge on any atom is 0.416 e. The molecule has 2 aromatic carbocycles. The Bertz CT molecular complexity index is 849. The summed E-state index contributed by atoms with van der Waals surface area (Å²) in [4.78, 5) is 8.52. The van der Waals surface area contributed by atoms with Crippen LogP contribution in [0.1, 0.15) is 11.1 Å². The molecule has 0 saturated heterocycles. The third kappa shape index (κ3) is 4.74. The van der Waals surface area contributed by atoms with Gasteiger partial charge in [0.05, 0.1) is 5.56 Å². The van der Waals surface area contributed by atoms with E-state index in [0.29, 0.717) is 21.5 Å². The van der Waals surface area contributed by atoms with E-state index < -0.39 is 11.7 Å². The monoisotopic (exact) mass is 380 g/mol. The molecule has 0 amide bonds. The lowest BCUT2D eigenvalue weighted by Crippen LogP contribution is -2.04. The van der Waals surface area contributed by atoms with Gasteiger partial charge in [0.25, 0.3) is 0 Å². The van der Waals surface area contributed by atoms with Crippen LogP contribution in [0, 0.1) is 0 Å². The van der Waals surface area contributed by atoms with Crippen LogP contribution in [0.5, 0.6) is 0 Å². The Morgan fingerprint density at radius 1 is 0.920 bits per heavy atom. The fraction of sp³-hybridized carbons (Fsp3) is 0.111. The van der Waals surface area contributed by atoms with Crippen LogP contribution in [0.25, 0.3) is 11.1 Å². The lowest BCUT2D eigenvalue weighted by atomic mass is 10.1. The van der Waals surface area contributed by atoms with Crippen LogP contribution in [0.15, 0.2) is 66.1 Å². The minimum absolute atomic E-state index is 0.365. The van der Waals surface area contributed by atoms with Gasteiger partial charge in [-0.2, -0.15) is 13.2 Å². The number of nitrogens with zero attached hydrogens (tertiary/aromatic N) is 2. The molecule has 3 aromatic rings. The lowest BCUT2D eigenvalue weighted by molar-refractivity contribution is -0.137. The average molecular weight is 381 g/mol. The van der Waals surface area contributed by atoms with Gasteiger partial charge < -0.3 is 0 Å². The molecule has 1 heterocycles. The Morgan fingerprint density at radius 3 is 2.24 bits per heavy atom. The minimum Gasteiger partial charge on any atom is -0.230 e. The second kappa shape index (κ2) is 7.45. The number of hydrogen-bond acceptors (Lipinski definition) is 3. The van der Waals surface area contributed by atoms with E-state index in [4.69, 9.17) is 11.6 Å². The first-order chi connectivity index (χ1) is 11.9. The van der Waals surface area contributed by atoms with Crippen molar-refractivity contribution in [1.82, 2.24) is 9.97 Å². The summed E-state index contributed by atoms with van der Waals surface area (Å²) >= 11 is 7.15. The molecule has 0 spiro atoms. The summed E-state index contributed by atoms with van der Waals surface area (Å²) in [7, 11) is 0. The zero-order valence-electron chi connectivity index (χ0n) is 12.8. The van der Waals surface area contributed by atoms with Crippen molar-refractivity contribution in [2.75, 3.05) is 0 Å². The topological polar surface area (TPSA) is 25.8 Å². The van der Waals surface area contributed by atoms with Crippen LogP contribution in [0.3, 0.4) is 0 Å². The van der Waals surface area contributed by atoms with E-state index in [1.54, 1.807) is 30.6 Å². The van der Waals surface area contributed by atoms with E-state index in [1.165, 1.54) is 17.8 Å². The molecule has 7 heteroatoms. The average Bonchev–Trinajstić information content (AvgIpc) is 2.61. The summed E-state index contributed by atoms with van der Waals surface area (Å²) in [5.74, 6) is 0.365. The Kier molecular flexibility index (Phi) is 5.30. The number of hydrogen-bond donors (Lipinski definition) is 0. The number of alkyl halides is 3. The predicted molar refractivity (Wildman–Crippen MR) is 93.5 cm³/mol. The molecule has 0 radical (unpaired) electrons. The van der Waals surface area contributed by atoms with Crippen LogP contribution in [-0.4, -0.2) is 9.97 Å². The highest BCUT2D eigenvalue weighted by atomic mass is 35.5. The summed E-state index contributed by atoms with van der Waals surface area (Å²) in [5, 5.41) is 1.16. The SMILES string of the molecule is FC(F)(F)c1cccc(CSc2ncc(-c3ccc(Cl)cc3)cn2)c1. The van der Waals surface area contributed by atoms with Crippen molar-refractivity contribution in [1.29, 1.82) is 0 Å². The quantitative estimate of drug-likeness (QED) is 0.403. The molecule has 3 rings (SSSR count). The van der Waals surface area contributed by atoms with Gasteiger partial charge in [0, 0.05) is 28.7 Å². The van der Waals surface area contributed by atoms with Gasteiger partial charge in [-0.1, -0.05) is 53.7 Å². The second-order valence-electron chi connectivity index (χ2n) is 5.25. The van der Waals surface area contributed by atoms with Gasteiger partial charge in [-0.15, -0.1) is 0 Å². The molecule has 0 unspecified atom stereocenters. The molecule has 0 bridgehead atoms. The van der Waals surface area contributed by atoms with Crippen LogP contribution in [0.4, 0.5) is 13.2 Å². The zero-order chi connectivity index (χ0) is 17.9. The van der Waals surface area contributed by atoms with Crippen molar-refractivity contribution >= 4 is 23.4 Å². The molecule has 25 heavy (non-hydrogen) atoms. The van der Waals surface area contributed by atoms with Crippen molar-refractivity contribution in [2.45, 2.75) is 17.1 Å². The fourth-order valence-electron chi connectivity index (χ4n) is 2.17. The van der Waals surface area contributed by atoms with Crippen LogP contribution >= 0.6 is 23.4 Å². The summed E-state index contributed by atoms with van der Waals surface area (Å²) < 4.78 is 38.2. The number of aromatic nitrogens is 2. The molecule has 0 N–H and O–H groups in total. The zero-order valence-corrected chi connectivity index (χ0v) is 14.4. The molecule has 0 fully saturated rings. The largest absolute Gasteiger partial charge is 0.416 e. The van der Waals surface area contributed by atoms with Gasteiger partial charge in [-0.3, -0.25) is 0 Å². The number of rotatable bonds is 4. The van der Waals surface area contributed by atoms with Crippen molar-refractivity contribution in [3.05, 3.63) is 77.1 Å². The van der Waals surface area contributed by atoms with E-state index in [0.717, 1.165) is 23.3 Å². The third-order valence-corrected chi connectivity index (χ3v) is 4.63. The normalized spacial score (nSPS) is 11.5. The highest BCUT2D eigenvalue weighted by Crippen LogP contribution is 2.31. The first-order valence-corrected chi connectivity index (χ1v) is 8.65. The third-order valence-electron chi connectivity index (χ3n) is 3.43. The maximum atomic E-state index is 12.7.